The molecule has 0 aromatic heterocycles. The standard InChI is InChI=1S/C13H6BrClF4/c14-13(7-2-1-6(16)3-10(7)17)8-4-12(19)9(15)5-11(8)18/h1-5,13H. The average molecular weight is 354 g/mol. The monoisotopic (exact) mass is 352 g/mol. The van der Waals surface area contributed by atoms with Gasteiger partial charge in [-0.3, -0.25) is 0 Å². The maximum atomic E-state index is 13.7. The molecule has 0 heterocycles. The van der Waals surface area contributed by atoms with Crippen molar-refractivity contribution < 1.29 is 17.6 Å². The Kier molecular flexibility index (Phi) is 4.16. The summed E-state index contributed by atoms with van der Waals surface area (Å²) in [6.07, 6.45) is 0. The van der Waals surface area contributed by atoms with Gasteiger partial charge in [-0.1, -0.05) is 33.6 Å². The highest BCUT2D eigenvalue weighted by Crippen LogP contribution is 2.35. The fourth-order valence-electron chi connectivity index (χ4n) is 1.61. The highest BCUT2D eigenvalue weighted by molar-refractivity contribution is 9.09. The number of benzene rings is 2. The lowest BCUT2D eigenvalue weighted by Gasteiger charge is -2.13. The van der Waals surface area contributed by atoms with Crippen molar-refractivity contribution in [2.45, 2.75) is 4.83 Å². The SMILES string of the molecule is Fc1ccc(C(Br)c2cc(F)c(Cl)cc2F)c(F)c1. The Bertz CT molecular complexity index is 630. The third-order valence-corrected chi connectivity index (χ3v) is 3.82. The zero-order valence-electron chi connectivity index (χ0n) is 9.23. The van der Waals surface area contributed by atoms with Crippen LogP contribution in [0.5, 0.6) is 0 Å². The van der Waals surface area contributed by atoms with Crippen molar-refractivity contribution in [3.05, 3.63) is 69.8 Å². The van der Waals surface area contributed by atoms with E-state index in [1.165, 1.54) is 0 Å². The van der Waals surface area contributed by atoms with Crippen molar-refractivity contribution in [2.75, 3.05) is 0 Å². The summed E-state index contributed by atoms with van der Waals surface area (Å²) in [6.45, 7) is 0. The van der Waals surface area contributed by atoms with Crippen LogP contribution in [-0.2, 0) is 0 Å². The van der Waals surface area contributed by atoms with Gasteiger partial charge in [-0.15, -0.1) is 0 Å². The van der Waals surface area contributed by atoms with Crippen molar-refractivity contribution in [3.63, 3.8) is 0 Å². The summed E-state index contributed by atoms with van der Waals surface area (Å²) in [5, 5.41) is -0.361. The maximum Gasteiger partial charge on any atom is 0.142 e. The molecule has 0 aliphatic heterocycles. The van der Waals surface area contributed by atoms with Gasteiger partial charge in [0.1, 0.15) is 23.3 Å². The third-order valence-electron chi connectivity index (χ3n) is 2.55. The molecule has 2 rings (SSSR count). The Morgan fingerprint density at radius 3 is 2.11 bits per heavy atom. The van der Waals surface area contributed by atoms with E-state index in [9.17, 15) is 17.6 Å². The normalized spacial score (nSPS) is 12.5. The van der Waals surface area contributed by atoms with Crippen LogP contribution in [0, 0.1) is 23.3 Å². The van der Waals surface area contributed by atoms with E-state index >= 15 is 0 Å². The van der Waals surface area contributed by atoms with E-state index < -0.39 is 28.1 Å². The Hall–Kier alpha value is -1.07. The van der Waals surface area contributed by atoms with Crippen molar-refractivity contribution in [3.8, 4) is 0 Å². The minimum atomic E-state index is -0.945. The predicted octanol–water partition coefficient (Wildman–Crippen LogP) is 5.38. The molecule has 0 N–H and O–H groups in total. The molecule has 1 atom stereocenters. The second-order valence-corrected chi connectivity index (χ2v) is 5.14. The first-order valence-corrected chi connectivity index (χ1v) is 6.43. The lowest BCUT2D eigenvalue weighted by molar-refractivity contribution is 0.567. The van der Waals surface area contributed by atoms with Crippen LogP contribution in [-0.4, -0.2) is 0 Å². The van der Waals surface area contributed by atoms with E-state index in [-0.39, 0.29) is 16.1 Å². The van der Waals surface area contributed by atoms with Crippen LogP contribution in [0.25, 0.3) is 0 Å². The van der Waals surface area contributed by atoms with E-state index in [4.69, 9.17) is 11.6 Å². The lowest BCUT2D eigenvalue weighted by Crippen LogP contribution is -2.01. The van der Waals surface area contributed by atoms with Gasteiger partial charge in [0.25, 0.3) is 0 Å². The molecular weight excluding hydrogens is 347 g/mol. The molecule has 1 unspecified atom stereocenters. The van der Waals surface area contributed by atoms with Crippen LogP contribution in [0.1, 0.15) is 16.0 Å². The molecule has 0 radical (unpaired) electrons. The molecule has 0 aliphatic rings. The summed E-state index contributed by atoms with van der Waals surface area (Å²) in [5.74, 6) is -3.19. The highest BCUT2D eigenvalue weighted by Gasteiger charge is 2.20. The smallest absolute Gasteiger partial charge is 0.142 e. The molecule has 19 heavy (non-hydrogen) atoms. The van der Waals surface area contributed by atoms with Gasteiger partial charge in [0.15, 0.2) is 0 Å². The zero-order valence-corrected chi connectivity index (χ0v) is 11.6. The number of halogens is 6. The molecule has 2 aromatic rings. The minimum absolute atomic E-state index is 0.00187. The molecular formula is C13H6BrClF4. The van der Waals surface area contributed by atoms with Crippen LogP contribution in [0.15, 0.2) is 30.3 Å². The van der Waals surface area contributed by atoms with Crippen LogP contribution in [0.4, 0.5) is 17.6 Å². The summed E-state index contributed by atoms with van der Waals surface area (Å²) in [4.78, 5) is -0.945. The van der Waals surface area contributed by atoms with E-state index in [1.807, 2.05) is 0 Å². The van der Waals surface area contributed by atoms with Gasteiger partial charge in [0, 0.05) is 17.2 Å². The maximum absolute atomic E-state index is 13.7. The molecule has 6 heteroatoms. The molecule has 0 saturated carbocycles. The largest absolute Gasteiger partial charge is 0.207 e. The second-order valence-electron chi connectivity index (χ2n) is 3.82. The van der Waals surface area contributed by atoms with E-state index in [1.54, 1.807) is 0 Å². The number of alkyl halides is 1. The van der Waals surface area contributed by atoms with Crippen LogP contribution in [0.3, 0.4) is 0 Å². The first-order chi connectivity index (χ1) is 8.90. The Labute approximate surface area is 120 Å². The third kappa shape index (κ3) is 2.92. The van der Waals surface area contributed by atoms with Crippen molar-refractivity contribution in [1.82, 2.24) is 0 Å². The van der Waals surface area contributed by atoms with E-state index in [0.29, 0.717) is 6.07 Å². The summed E-state index contributed by atoms with van der Waals surface area (Å²) in [7, 11) is 0. The van der Waals surface area contributed by atoms with Crippen LogP contribution < -0.4 is 0 Å². The van der Waals surface area contributed by atoms with Gasteiger partial charge in [0.05, 0.1) is 9.85 Å². The van der Waals surface area contributed by atoms with Gasteiger partial charge >= 0.3 is 0 Å². The number of hydrogen-bond donors (Lipinski definition) is 0. The molecule has 0 fully saturated rings. The first-order valence-electron chi connectivity index (χ1n) is 5.13. The van der Waals surface area contributed by atoms with Crippen LogP contribution in [0.2, 0.25) is 5.02 Å². The summed E-state index contributed by atoms with van der Waals surface area (Å²) >= 11 is 8.50. The summed E-state index contributed by atoms with van der Waals surface area (Å²) < 4.78 is 53.4. The predicted molar refractivity (Wildman–Crippen MR) is 68.5 cm³/mol. The summed E-state index contributed by atoms with van der Waals surface area (Å²) in [6, 6.07) is 4.56. The molecule has 0 saturated heterocycles. The van der Waals surface area contributed by atoms with E-state index in [0.717, 1.165) is 24.3 Å². The quantitative estimate of drug-likeness (QED) is 0.386. The van der Waals surface area contributed by atoms with Crippen molar-refractivity contribution >= 4 is 27.5 Å². The zero-order chi connectivity index (χ0) is 14.2. The topological polar surface area (TPSA) is 0 Å². The molecule has 0 bridgehead atoms. The van der Waals surface area contributed by atoms with Gasteiger partial charge in [0.2, 0.25) is 0 Å². The number of hydrogen-bond acceptors (Lipinski definition) is 0. The van der Waals surface area contributed by atoms with Crippen LogP contribution >= 0.6 is 27.5 Å². The molecule has 0 amide bonds. The minimum Gasteiger partial charge on any atom is -0.207 e. The first kappa shape index (κ1) is 14.3. The van der Waals surface area contributed by atoms with E-state index in [2.05, 4.69) is 15.9 Å². The Morgan fingerprint density at radius 2 is 1.47 bits per heavy atom. The van der Waals surface area contributed by atoms with Crippen molar-refractivity contribution in [2.24, 2.45) is 0 Å². The molecule has 2 aromatic carbocycles. The van der Waals surface area contributed by atoms with Gasteiger partial charge in [-0.05, 0) is 18.2 Å². The van der Waals surface area contributed by atoms with Gasteiger partial charge in [-0.25, -0.2) is 17.6 Å². The molecule has 0 nitrogen and oxygen atoms in total. The van der Waals surface area contributed by atoms with Gasteiger partial charge < -0.3 is 0 Å². The highest BCUT2D eigenvalue weighted by atomic mass is 79.9. The molecule has 100 valence electrons. The Balaban J connectivity index is 2.49. The fourth-order valence-corrected chi connectivity index (χ4v) is 2.48. The average Bonchev–Trinajstić information content (AvgIpc) is 2.33. The summed E-state index contributed by atoms with van der Waals surface area (Å²) in [5.41, 5.74) is -0.116. The second kappa shape index (κ2) is 5.51. The Morgan fingerprint density at radius 1 is 0.842 bits per heavy atom. The molecule has 0 spiro atoms. The molecule has 0 aliphatic carbocycles. The fraction of sp³-hybridized carbons (Fsp3) is 0.0769. The lowest BCUT2D eigenvalue weighted by atomic mass is 10.0. The van der Waals surface area contributed by atoms with Gasteiger partial charge in [-0.2, -0.15) is 0 Å². The number of rotatable bonds is 2. The van der Waals surface area contributed by atoms with Crippen molar-refractivity contribution in [1.29, 1.82) is 0 Å².